The van der Waals surface area contributed by atoms with Crippen LogP contribution in [0.25, 0.3) is 0 Å². The molecular weight excluding hydrogens is 292 g/mol. The van der Waals surface area contributed by atoms with Crippen LogP contribution >= 0.6 is 22.9 Å². The minimum Gasteiger partial charge on any atom is -0.301 e. The van der Waals surface area contributed by atoms with Crippen molar-refractivity contribution in [3.63, 3.8) is 0 Å². The molecule has 1 fully saturated rings. The fourth-order valence-corrected chi connectivity index (χ4v) is 5.13. The lowest BCUT2D eigenvalue weighted by atomic mass is 10.3. The van der Waals surface area contributed by atoms with Gasteiger partial charge >= 0.3 is 0 Å². The Kier molecular flexibility index (Phi) is 4.66. The van der Waals surface area contributed by atoms with Gasteiger partial charge in [-0.3, -0.25) is 0 Å². The Morgan fingerprint density at radius 1 is 1.28 bits per heavy atom. The topological polar surface area (TPSA) is 40.6 Å². The molecule has 1 aliphatic heterocycles. The van der Waals surface area contributed by atoms with Gasteiger partial charge in [0.25, 0.3) is 10.0 Å². The van der Waals surface area contributed by atoms with Crippen LogP contribution in [0, 0.1) is 0 Å². The van der Waals surface area contributed by atoms with Crippen LogP contribution in [0.3, 0.4) is 0 Å². The Labute approximate surface area is 117 Å². The monoisotopic (exact) mass is 308 g/mol. The van der Waals surface area contributed by atoms with Gasteiger partial charge in [-0.1, -0.05) is 18.5 Å². The Hall–Kier alpha value is -0.140. The largest absolute Gasteiger partial charge is 0.301 e. The first-order valence-corrected chi connectivity index (χ1v) is 8.65. The van der Waals surface area contributed by atoms with Crippen molar-refractivity contribution < 1.29 is 8.42 Å². The highest BCUT2D eigenvalue weighted by Crippen LogP contribution is 2.28. The van der Waals surface area contributed by atoms with Crippen LogP contribution in [0.1, 0.15) is 13.3 Å². The molecule has 4 nitrogen and oxygen atoms in total. The maximum Gasteiger partial charge on any atom is 0.252 e. The molecule has 0 bridgehead atoms. The highest BCUT2D eigenvalue weighted by atomic mass is 35.5. The fourth-order valence-electron chi connectivity index (χ4n) is 2.07. The SMILES string of the molecule is CCCN1CCN(S(=O)(=O)c2ccc(Cl)s2)CC1. The Morgan fingerprint density at radius 2 is 1.94 bits per heavy atom. The lowest BCUT2D eigenvalue weighted by molar-refractivity contribution is 0.189. The average molecular weight is 309 g/mol. The van der Waals surface area contributed by atoms with E-state index in [1.54, 1.807) is 16.4 Å². The standard InChI is InChI=1S/C11H17ClN2O2S2/c1-2-5-13-6-8-14(9-7-13)18(15,16)11-4-3-10(12)17-11/h3-4H,2,5-9H2,1H3. The predicted octanol–water partition coefficient (Wildman–Crippen LogP) is 2.12. The van der Waals surface area contributed by atoms with Gasteiger partial charge in [-0.05, 0) is 25.1 Å². The molecule has 0 radical (unpaired) electrons. The summed E-state index contributed by atoms with van der Waals surface area (Å²) in [7, 11) is -3.34. The van der Waals surface area contributed by atoms with Crippen LogP contribution in [-0.2, 0) is 10.0 Å². The van der Waals surface area contributed by atoms with Crippen LogP contribution in [0.5, 0.6) is 0 Å². The zero-order chi connectivity index (χ0) is 13.2. The van der Waals surface area contributed by atoms with Gasteiger partial charge in [-0.2, -0.15) is 4.31 Å². The molecule has 0 aromatic carbocycles. The molecule has 0 amide bonds. The molecule has 1 aromatic heterocycles. The van der Waals surface area contributed by atoms with E-state index in [0.717, 1.165) is 37.4 Å². The lowest BCUT2D eigenvalue weighted by Gasteiger charge is -2.33. The van der Waals surface area contributed by atoms with E-state index in [9.17, 15) is 8.42 Å². The third-order valence-corrected chi connectivity index (χ3v) is 6.61. The van der Waals surface area contributed by atoms with Crippen molar-refractivity contribution in [3.05, 3.63) is 16.5 Å². The summed E-state index contributed by atoms with van der Waals surface area (Å²) in [6, 6.07) is 3.22. The van der Waals surface area contributed by atoms with Crippen LogP contribution in [0.4, 0.5) is 0 Å². The van der Waals surface area contributed by atoms with Gasteiger partial charge in [0.1, 0.15) is 4.21 Å². The van der Waals surface area contributed by atoms with E-state index in [1.165, 1.54) is 0 Å². The molecule has 0 unspecified atom stereocenters. The van der Waals surface area contributed by atoms with Crippen molar-refractivity contribution in [2.45, 2.75) is 17.6 Å². The Bertz CT molecular complexity index is 493. The molecular formula is C11H17ClN2O2S2. The summed E-state index contributed by atoms with van der Waals surface area (Å²) >= 11 is 6.92. The summed E-state index contributed by atoms with van der Waals surface area (Å²) in [5.74, 6) is 0. The average Bonchev–Trinajstić information content (AvgIpc) is 2.78. The molecule has 0 atom stereocenters. The molecule has 0 aliphatic carbocycles. The number of hydrogen-bond acceptors (Lipinski definition) is 4. The zero-order valence-electron chi connectivity index (χ0n) is 10.3. The summed E-state index contributed by atoms with van der Waals surface area (Å²) in [6.07, 6.45) is 1.10. The normalized spacial score (nSPS) is 19.2. The van der Waals surface area contributed by atoms with Crippen molar-refractivity contribution in [1.82, 2.24) is 9.21 Å². The van der Waals surface area contributed by atoms with E-state index in [1.807, 2.05) is 0 Å². The fraction of sp³-hybridized carbons (Fsp3) is 0.636. The molecule has 2 rings (SSSR count). The van der Waals surface area contributed by atoms with Crippen molar-refractivity contribution in [3.8, 4) is 0 Å². The summed E-state index contributed by atoms with van der Waals surface area (Å²) in [6.45, 7) is 5.93. The molecule has 7 heteroatoms. The van der Waals surface area contributed by atoms with Gasteiger partial charge in [0.05, 0.1) is 4.34 Å². The van der Waals surface area contributed by atoms with Crippen molar-refractivity contribution in [1.29, 1.82) is 0 Å². The van der Waals surface area contributed by atoms with Crippen molar-refractivity contribution in [2.24, 2.45) is 0 Å². The van der Waals surface area contributed by atoms with Gasteiger partial charge < -0.3 is 4.90 Å². The first-order chi connectivity index (χ1) is 8.54. The van der Waals surface area contributed by atoms with E-state index in [-0.39, 0.29) is 0 Å². The molecule has 1 aliphatic rings. The van der Waals surface area contributed by atoms with E-state index in [4.69, 9.17) is 11.6 Å². The third-order valence-electron chi connectivity index (χ3n) is 3.01. The van der Waals surface area contributed by atoms with Gasteiger partial charge in [-0.25, -0.2) is 8.42 Å². The number of nitrogens with zero attached hydrogens (tertiary/aromatic N) is 2. The van der Waals surface area contributed by atoms with Crippen LogP contribution in [0.15, 0.2) is 16.3 Å². The lowest BCUT2D eigenvalue weighted by Crippen LogP contribution is -2.48. The number of sulfonamides is 1. The van der Waals surface area contributed by atoms with E-state index < -0.39 is 10.0 Å². The quantitative estimate of drug-likeness (QED) is 0.855. The molecule has 0 saturated carbocycles. The highest BCUT2D eigenvalue weighted by Gasteiger charge is 2.29. The number of hydrogen-bond donors (Lipinski definition) is 0. The molecule has 0 N–H and O–H groups in total. The second kappa shape index (κ2) is 5.88. The predicted molar refractivity (Wildman–Crippen MR) is 74.8 cm³/mol. The maximum atomic E-state index is 12.3. The summed E-state index contributed by atoms with van der Waals surface area (Å²) in [4.78, 5) is 2.30. The van der Waals surface area contributed by atoms with Crippen LogP contribution in [-0.4, -0.2) is 50.3 Å². The van der Waals surface area contributed by atoms with E-state index in [2.05, 4.69) is 11.8 Å². The van der Waals surface area contributed by atoms with Gasteiger partial charge in [0, 0.05) is 26.2 Å². The first-order valence-electron chi connectivity index (χ1n) is 6.02. The van der Waals surface area contributed by atoms with Crippen LogP contribution in [0.2, 0.25) is 4.34 Å². The first kappa shape index (κ1) is 14.3. The van der Waals surface area contributed by atoms with Crippen molar-refractivity contribution >= 4 is 33.0 Å². The molecule has 18 heavy (non-hydrogen) atoms. The minimum atomic E-state index is -3.34. The molecule has 0 spiro atoms. The summed E-state index contributed by atoms with van der Waals surface area (Å²) in [5, 5.41) is 0. The van der Waals surface area contributed by atoms with E-state index >= 15 is 0 Å². The van der Waals surface area contributed by atoms with Crippen molar-refractivity contribution in [2.75, 3.05) is 32.7 Å². The smallest absolute Gasteiger partial charge is 0.252 e. The number of thiophene rings is 1. The van der Waals surface area contributed by atoms with E-state index in [0.29, 0.717) is 21.6 Å². The zero-order valence-corrected chi connectivity index (χ0v) is 12.7. The number of halogens is 1. The maximum absolute atomic E-state index is 12.3. The molecule has 2 heterocycles. The molecule has 102 valence electrons. The highest BCUT2D eigenvalue weighted by molar-refractivity contribution is 7.91. The Balaban J connectivity index is 2.05. The Morgan fingerprint density at radius 3 is 2.44 bits per heavy atom. The molecule has 1 saturated heterocycles. The van der Waals surface area contributed by atoms with Gasteiger partial charge in [0.2, 0.25) is 0 Å². The molecule has 1 aromatic rings. The summed E-state index contributed by atoms with van der Waals surface area (Å²) in [5.41, 5.74) is 0. The van der Waals surface area contributed by atoms with Gasteiger partial charge in [-0.15, -0.1) is 11.3 Å². The second-order valence-electron chi connectivity index (χ2n) is 4.30. The minimum absolute atomic E-state index is 0.344. The van der Waals surface area contributed by atoms with Gasteiger partial charge in [0.15, 0.2) is 0 Å². The van der Waals surface area contributed by atoms with Crippen LogP contribution < -0.4 is 0 Å². The third kappa shape index (κ3) is 3.05. The second-order valence-corrected chi connectivity index (χ2v) is 8.18. The summed E-state index contributed by atoms with van der Waals surface area (Å²) < 4.78 is 27.1. The number of rotatable bonds is 4. The number of piperazine rings is 1.